The fourth-order valence-corrected chi connectivity index (χ4v) is 2.82. The maximum Gasteiger partial charge on any atom is 0.119 e. The lowest BCUT2D eigenvalue weighted by Crippen LogP contribution is -2.20. The normalized spacial score (nSPS) is 10.9. The third-order valence-electron chi connectivity index (χ3n) is 3.09. The molecule has 0 unspecified atom stereocenters. The van der Waals surface area contributed by atoms with E-state index in [0.29, 0.717) is 6.54 Å². The van der Waals surface area contributed by atoms with Crippen molar-refractivity contribution in [2.45, 2.75) is 19.5 Å². The van der Waals surface area contributed by atoms with Crippen LogP contribution in [0.1, 0.15) is 16.9 Å². The molecule has 4 heteroatoms. The molecule has 0 bridgehead atoms. The first-order valence-corrected chi connectivity index (χ1v) is 7.78. The number of ether oxygens (including phenoxy) is 1. The summed E-state index contributed by atoms with van der Waals surface area (Å²) in [6.45, 7) is 3.35. The van der Waals surface area contributed by atoms with Crippen LogP contribution in [0.2, 0.25) is 0 Å². The standard InChI is InChI=1S/C16H22N2OS/c1-18(13-16-7-3-10-20-16)8-4-9-19-15-6-2-5-14(11-15)12-17/h2-3,5-7,10-11H,4,8-9,12-13,17H2,1H3. The van der Waals surface area contributed by atoms with Gasteiger partial charge < -0.3 is 15.4 Å². The van der Waals surface area contributed by atoms with E-state index in [1.54, 1.807) is 11.3 Å². The minimum atomic E-state index is 0.556. The van der Waals surface area contributed by atoms with E-state index >= 15 is 0 Å². The molecule has 1 aromatic carbocycles. The zero-order valence-electron chi connectivity index (χ0n) is 11.9. The Hall–Kier alpha value is -1.36. The van der Waals surface area contributed by atoms with Crippen LogP contribution >= 0.6 is 11.3 Å². The van der Waals surface area contributed by atoms with Gasteiger partial charge in [-0.05, 0) is 42.6 Å². The zero-order chi connectivity index (χ0) is 14.2. The summed E-state index contributed by atoms with van der Waals surface area (Å²) in [5.74, 6) is 0.911. The third kappa shape index (κ3) is 4.96. The largest absolute Gasteiger partial charge is 0.494 e. The lowest BCUT2D eigenvalue weighted by molar-refractivity contribution is 0.259. The Balaban J connectivity index is 1.65. The van der Waals surface area contributed by atoms with Crippen molar-refractivity contribution in [3.8, 4) is 5.75 Å². The van der Waals surface area contributed by atoms with Gasteiger partial charge in [0.1, 0.15) is 5.75 Å². The van der Waals surface area contributed by atoms with Crippen molar-refractivity contribution in [1.29, 1.82) is 0 Å². The first kappa shape index (κ1) is 15.0. The average Bonchev–Trinajstić information content (AvgIpc) is 2.97. The molecular formula is C16H22N2OS. The second kappa shape index (κ2) is 8.04. The molecule has 0 aliphatic carbocycles. The molecular weight excluding hydrogens is 268 g/mol. The van der Waals surface area contributed by atoms with Gasteiger partial charge in [0.15, 0.2) is 0 Å². The van der Waals surface area contributed by atoms with Gasteiger partial charge in [0.05, 0.1) is 6.61 Å². The molecule has 1 aromatic heterocycles. The van der Waals surface area contributed by atoms with Crippen LogP contribution in [-0.4, -0.2) is 25.1 Å². The highest BCUT2D eigenvalue weighted by atomic mass is 32.1. The molecule has 20 heavy (non-hydrogen) atoms. The molecule has 0 spiro atoms. The van der Waals surface area contributed by atoms with Gasteiger partial charge in [0, 0.05) is 24.5 Å². The maximum atomic E-state index is 5.75. The van der Waals surface area contributed by atoms with Crippen molar-refractivity contribution in [2.24, 2.45) is 5.73 Å². The topological polar surface area (TPSA) is 38.5 Å². The Labute approximate surface area is 125 Å². The summed E-state index contributed by atoms with van der Waals surface area (Å²) < 4.78 is 5.75. The molecule has 0 saturated heterocycles. The minimum Gasteiger partial charge on any atom is -0.494 e. The molecule has 2 N–H and O–H groups in total. The van der Waals surface area contributed by atoms with Gasteiger partial charge >= 0.3 is 0 Å². The Morgan fingerprint density at radius 1 is 1.25 bits per heavy atom. The van der Waals surface area contributed by atoms with Crippen molar-refractivity contribution >= 4 is 11.3 Å². The average molecular weight is 290 g/mol. The van der Waals surface area contributed by atoms with E-state index in [2.05, 4.69) is 29.5 Å². The summed E-state index contributed by atoms with van der Waals surface area (Å²) in [7, 11) is 2.15. The molecule has 3 nitrogen and oxygen atoms in total. The molecule has 0 fully saturated rings. The van der Waals surface area contributed by atoms with Crippen LogP contribution in [-0.2, 0) is 13.1 Å². The van der Waals surface area contributed by atoms with Crippen molar-refractivity contribution < 1.29 is 4.74 Å². The predicted octanol–water partition coefficient (Wildman–Crippen LogP) is 3.11. The first-order chi connectivity index (χ1) is 9.78. The SMILES string of the molecule is CN(CCCOc1cccc(CN)c1)Cc1cccs1. The zero-order valence-corrected chi connectivity index (χ0v) is 12.7. The lowest BCUT2D eigenvalue weighted by Gasteiger charge is -2.15. The maximum absolute atomic E-state index is 5.75. The monoisotopic (exact) mass is 290 g/mol. The highest BCUT2D eigenvalue weighted by molar-refractivity contribution is 7.09. The molecule has 0 aliphatic heterocycles. The van der Waals surface area contributed by atoms with E-state index in [1.165, 1.54) is 4.88 Å². The minimum absolute atomic E-state index is 0.556. The Morgan fingerprint density at radius 3 is 2.90 bits per heavy atom. The van der Waals surface area contributed by atoms with Gasteiger partial charge in [-0.2, -0.15) is 0 Å². The second-order valence-corrected chi connectivity index (χ2v) is 5.90. The highest BCUT2D eigenvalue weighted by Gasteiger charge is 2.01. The Morgan fingerprint density at radius 2 is 2.15 bits per heavy atom. The fourth-order valence-electron chi connectivity index (χ4n) is 2.03. The highest BCUT2D eigenvalue weighted by Crippen LogP contribution is 2.14. The van der Waals surface area contributed by atoms with Crippen LogP contribution in [0.3, 0.4) is 0 Å². The number of rotatable bonds is 8. The van der Waals surface area contributed by atoms with Crippen LogP contribution in [0.15, 0.2) is 41.8 Å². The van der Waals surface area contributed by atoms with Crippen molar-refractivity contribution in [1.82, 2.24) is 4.90 Å². The van der Waals surface area contributed by atoms with Gasteiger partial charge in [-0.15, -0.1) is 11.3 Å². The van der Waals surface area contributed by atoms with E-state index in [1.807, 2.05) is 24.3 Å². The molecule has 0 amide bonds. The fraction of sp³-hybridized carbons (Fsp3) is 0.375. The first-order valence-electron chi connectivity index (χ1n) is 6.90. The molecule has 108 valence electrons. The van der Waals surface area contributed by atoms with Crippen LogP contribution in [0, 0.1) is 0 Å². The van der Waals surface area contributed by atoms with Crippen LogP contribution < -0.4 is 10.5 Å². The molecule has 0 aliphatic rings. The predicted molar refractivity (Wildman–Crippen MR) is 85.1 cm³/mol. The summed E-state index contributed by atoms with van der Waals surface area (Å²) in [4.78, 5) is 3.73. The van der Waals surface area contributed by atoms with E-state index < -0.39 is 0 Å². The molecule has 2 aromatic rings. The number of nitrogens with two attached hydrogens (primary N) is 1. The number of benzene rings is 1. The van der Waals surface area contributed by atoms with Gasteiger partial charge in [-0.3, -0.25) is 0 Å². The van der Waals surface area contributed by atoms with E-state index in [0.717, 1.165) is 37.4 Å². The van der Waals surface area contributed by atoms with E-state index in [-0.39, 0.29) is 0 Å². The van der Waals surface area contributed by atoms with Crippen LogP contribution in [0.4, 0.5) is 0 Å². The quantitative estimate of drug-likeness (QED) is 0.759. The Bertz CT molecular complexity index is 499. The number of nitrogens with zero attached hydrogens (tertiary/aromatic N) is 1. The third-order valence-corrected chi connectivity index (χ3v) is 3.95. The van der Waals surface area contributed by atoms with Crippen LogP contribution in [0.5, 0.6) is 5.75 Å². The van der Waals surface area contributed by atoms with Crippen LogP contribution in [0.25, 0.3) is 0 Å². The summed E-state index contributed by atoms with van der Waals surface area (Å²) in [6.07, 6.45) is 1.02. The Kier molecular flexibility index (Phi) is 6.05. The second-order valence-electron chi connectivity index (χ2n) is 4.87. The summed E-state index contributed by atoms with van der Waals surface area (Å²) in [6, 6.07) is 12.3. The van der Waals surface area contributed by atoms with Gasteiger partial charge in [-0.25, -0.2) is 0 Å². The molecule has 1 heterocycles. The smallest absolute Gasteiger partial charge is 0.119 e. The number of hydrogen-bond acceptors (Lipinski definition) is 4. The van der Waals surface area contributed by atoms with Crippen molar-refractivity contribution in [3.63, 3.8) is 0 Å². The summed E-state index contributed by atoms with van der Waals surface area (Å²) in [5, 5.41) is 2.12. The molecule has 2 rings (SSSR count). The summed E-state index contributed by atoms with van der Waals surface area (Å²) in [5.41, 5.74) is 6.73. The van der Waals surface area contributed by atoms with E-state index in [9.17, 15) is 0 Å². The molecule has 0 saturated carbocycles. The van der Waals surface area contributed by atoms with Gasteiger partial charge in [0.2, 0.25) is 0 Å². The van der Waals surface area contributed by atoms with Crippen molar-refractivity contribution in [2.75, 3.05) is 20.2 Å². The van der Waals surface area contributed by atoms with Gasteiger partial charge in [0.25, 0.3) is 0 Å². The van der Waals surface area contributed by atoms with Gasteiger partial charge in [-0.1, -0.05) is 18.2 Å². The lowest BCUT2D eigenvalue weighted by atomic mass is 10.2. The number of hydrogen-bond donors (Lipinski definition) is 1. The molecule has 0 atom stereocenters. The van der Waals surface area contributed by atoms with E-state index in [4.69, 9.17) is 10.5 Å². The molecule has 0 radical (unpaired) electrons. The summed E-state index contributed by atoms with van der Waals surface area (Å²) >= 11 is 1.81. The van der Waals surface area contributed by atoms with Crippen molar-refractivity contribution in [3.05, 3.63) is 52.2 Å². The number of thiophene rings is 1.